The maximum Gasteiger partial charge on any atom is 0.338 e. The number of allylic oxidation sites excluding steroid dienone is 1. The van der Waals surface area contributed by atoms with Crippen molar-refractivity contribution >= 4 is 5.97 Å². The van der Waals surface area contributed by atoms with Gasteiger partial charge in [0.2, 0.25) is 0 Å². The average Bonchev–Trinajstić information content (AvgIpc) is 3.35. The standard InChI is InChI=1S/C37H45N3O7/c1-22-30(39-40-38)21-45-34(32(22)47-33(42)23-7-5-4-6-8-23)46-26-13-16-35(2)25(19-26)10-11-29-28(35)14-17-36(3)27(15-18-37(29,36)43)24-9-12-31(41)44-20-24/h4-9,12,19-20,22,26-30,32,34,43H,10-11,13-18,21H2,1-3H3/t22-,26+,27-,28?,29?,30+,32-,34?,35+,36-,37+/m1/s1. The van der Waals surface area contributed by atoms with Crippen molar-refractivity contribution < 1.29 is 28.5 Å². The summed E-state index contributed by atoms with van der Waals surface area (Å²) in [5.74, 6) is -0.0457. The van der Waals surface area contributed by atoms with Crippen molar-refractivity contribution in [1.82, 2.24) is 0 Å². The number of benzene rings is 1. The Morgan fingerprint density at radius 1 is 1.04 bits per heavy atom. The summed E-state index contributed by atoms with van der Waals surface area (Å²) in [6, 6.07) is 11.7. The number of ether oxygens (including phenoxy) is 3. The quantitative estimate of drug-likeness (QED) is 0.116. The summed E-state index contributed by atoms with van der Waals surface area (Å²) in [5.41, 5.74) is 10.5. The maximum atomic E-state index is 13.1. The monoisotopic (exact) mass is 643 g/mol. The first kappa shape index (κ1) is 32.1. The lowest BCUT2D eigenvalue weighted by atomic mass is 9.45. The van der Waals surface area contributed by atoms with Gasteiger partial charge in [-0.05, 0) is 104 Å². The third kappa shape index (κ3) is 5.34. The van der Waals surface area contributed by atoms with Gasteiger partial charge in [0.25, 0.3) is 0 Å². The first-order valence-corrected chi connectivity index (χ1v) is 17.2. The molecule has 0 spiro atoms. The van der Waals surface area contributed by atoms with Crippen LogP contribution in [0.4, 0.5) is 0 Å². The van der Waals surface area contributed by atoms with Gasteiger partial charge in [0.15, 0.2) is 12.4 Å². The molecule has 7 rings (SSSR count). The van der Waals surface area contributed by atoms with Crippen molar-refractivity contribution in [2.75, 3.05) is 6.61 Å². The Morgan fingerprint density at radius 2 is 1.85 bits per heavy atom. The van der Waals surface area contributed by atoms with Gasteiger partial charge in [-0.15, -0.1) is 0 Å². The van der Waals surface area contributed by atoms with Crippen LogP contribution in [0.15, 0.2) is 74.7 Å². The zero-order chi connectivity index (χ0) is 33.0. The van der Waals surface area contributed by atoms with Gasteiger partial charge in [0.1, 0.15) is 0 Å². The van der Waals surface area contributed by atoms with E-state index in [0.29, 0.717) is 11.5 Å². The van der Waals surface area contributed by atoms with Crippen LogP contribution in [0.3, 0.4) is 0 Å². The Morgan fingerprint density at radius 3 is 2.60 bits per heavy atom. The SMILES string of the molecule is C[C@@H]1[C@@H](N=[N+]=[N-])COC(O[C@@H]2C=C3CCC4C(CC[C@]5(C)[C@@H](c6ccc(=O)oc6)CC[C@]45O)[C@@]3(C)CC2)[C@@H]1OC(=O)c1ccccc1. The van der Waals surface area contributed by atoms with Crippen LogP contribution >= 0.6 is 0 Å². The molecule has 1 N–H and O–H groups in total. The van der Waals surface area contributed by atoms with Crippen LogP contribution in [0, 0.1) is 28.6 Å². The van der Waals surface area contributed by atoms with E-state index in [2.05, 4.69) is 29.9 Å². The Balaban J connectivity index is 1.09. The molecule has 250 valence electrons. The van der Waals surface area contributed by atoms with Gasteiger partial charge in [0.05, 0.1) is 36.2 Å². The Hall–Kier alpha value is -3.43. The molecule has 47 heavy (non-hydrogen) atoms. The van der Waals surface area contributed by atoms with E-state index in [-0.39, 0.29) is 46.9 Å². The molecule has 11 atom stereocenters. The van der Waals surface area contributed by atoms with Gasteiger partial charge >= 0.3 is 11.6 Å². The van der Waals surface area contributed by atoms with E-state index in [1.165, 1.54) is 11.6 Å². The molecular weight excluding hydrogens is 598 g/mol. The van der Waals surface area contributed by atoms with Crippen molar-refractivity contribution in [3.8, 4) is 0 Å². The summed E-state index contributed by atoms with van der Waals surface area (Å²) in [5, 5.41) is 16.5. The molecule has 0 radical (unpaired) electrons. The number of hydrogen-bond donors (Lipinski definition) is 1. The van der Waals surface area contributed by atoms with Crippen LogP contribution in [0.1, 0.15) is 94.0 Å². The smallest absolute Gasteiger partial charge is 0.338 e. The molecule has 10 heteroatoms. The minimum Gasteiger partial charge on any atom is -0.453 e. The predicted molar refractivity (Wildman–Crippen MR) is 173 cm³/mol. The first-order chi connectivity index (χ1) is 22.6. The highest BCUT2D eigenvalue weighted by atomic mass is 16.7. The molecule has 1 aromatic carbocycles. The molecule has 3 saturated carbocycles. The Labute approximate surface area is 275 Å². The van der Waals surface area contributed by atoms with E-state index in [4.69, 9.17) is 24.2 Å². The lowest BCUT2D eigenvalue weighted by Crippen LogP contribution is -2.60. The van der Waals surface area contributed by atoms with Gasteiger partial charge < -0.3 is 23.7 Å². The number of hydrogen-bond acceptors (Lipinski definition) is 8. The molecule has 0 amide bonds. The highest BCUT2D eigenvalue weighted by Crippen LogP contribution is 2.70. The van der Waals surface area contributed by atoms with Crippen LogP contribution in [0.25, 0.3) is 10.4 Å². The fraction of sp³-hybridized carbons (Fsp3) is 0.622. The van der Waals surface area contributed by atoms with Crippen molar-refractivity contribution in [2.45, 2.75) is 108 Å². The fourth-order valence-corrected chi connectivity index (χ4v) is 10.2. The molecule has 10 nitrogen and oxygen atoms in total. The van der Waals surface area contributed by atoms with E-state index in [1.54, 1.807) is 30.5 Å². The van der Waals surface area contributed by atoms with Crippen molar-refractivity contribution in [1.29, 1.82) is 0 Å². The van der Waals surface area contributed by atoms with Crippen LogP contribution in [-0.4, -0.2) is 47.8 Å². The van der Waals surface area contributed by atoms with Crippen LogP contribution in [0.2, 0.25) is 0 Å². The number of carbonyl (C=O) groups is 1. The summed E-state index contributed by atoms with van der Waals surface area (Å²) in [6.45, 7) is 6.72. The van der Waals surface area contributed by atoms with Crippen molar-refractivity contribution in [3.63, 3.8) is 0 Å². The highest BCUT2D eigenvalue weighted by molar-refractivity contribution is 5.89. The number of azide groups is 1. The molecule has 3 unspecified atom stereocenters. The van der Waals surface area contributed by atoms with E-state index in [9.17, 15) is 14.7 Å². The number of nitrogens with zero attached hydrogens (tertiary/aromatic N) is 3. The maximum absolute atomic E-state index is 13.1. The van der Waals surface area contributed by atoms with E-state index < -0.39 is 30.0 Å². The molecule has 1 aliphatic heterocycles. The number of rotatable bonds is 6. The highest BCUT2D eigenvalue weighted by Gasteiger charge is 2.66. The van der Waals surface area contributed by atoms with Gasteiger partial charge in [-0.25, -0.2) is 9.59 Å². The average molecular weight is 644 g/mol. The topological polar surface area (TPSA) is 144 Å². The third-order valence-corrected chi connectivity index (χ3v) is 13.0. The predicted octanol–water partition coefficient (Wildman–Crippen LogP) is 7.08. The molecular formula is C37H45N3O7. The molecule has 2 heterocycles. The molecule has 0 bridgehead atoms. The zero-order valence-electron chi connectivity index (χ0n) is 27.4. The number of fused-ring (bicyclic) bond motifs is 5. The zero-order valence-corrected chi connectivity index (χ0v) is 27.4. The lowest BCUT2D eigenvalue weighted by molar-refractivity contribution is -0.247. The molecule has 2 aromatic rings. The minimum absolute atomic E-state index is 0.0377. The van der Waals surface area contributed by atoms with E-state index in [0.717, 1.165) is 56.9 Å². The largest absolute Gasteiger partial charge is 0.453 e. The van der Waals surface area contributed by atoms with E-state index in [1.807, 2.05) is 19.1 Å². The van der Waals surface area contributed by atoms with Gasteiger partial charge in [-0.3, -0.25) is 0 Å². The van der Waals surface area contributed by atoms with Crippen LogP contribution in [0.5, 0.6) is 0 Å². The van der Waals surface area contributed by atoms with Crippen molar-refractivity contribution in [3.05, 3.63) is 92.4 Å². The summed E-state index contributed by atoms with van der Waals surface area (Å²) in [6.07, 6.45) is 9.27. The number of aliphatic hydroxyl groups is 1. The first-order valence-electron chi connectivity index (χ1n) is 17.2. The van der Waals surface area contributed by atoms with Crippen LogP contribution < -0.4 is 5.63 Å². The summed E-state index contributed by atoms with van der Waals surface area (Å²) >= 11 is 0. The second-order valence-corrected chi connectivity index (χ2v) is 15.0. The number of esters is 1. The van der Waals surface area contributed by atoms with Gasteiger partial charge in [0, 0.05) is 22.3 Å². The lowest BCUT2D eigenvalue weighted by Gasteiger charge is -2.62. The van der Waals surface area contributed by atoms with Gasteiger partial charge in [-0.1, -0.05) is 55.7 Å². The fourth-order valence-electron chi connectivity index (χ4n) is 10.2. The van der Waals surface area contributed by atoms with Gasteiger partial charge in [-0.2, -0.15) is 0 Å². The number of carbonyl (C=O) groups excluding carboxylic acids is 1. The normalized spacial score (nSPS) is 41.0. The second-order valence-electron chi connectivity index (χ2n) is 15.0. The summed E-state index contributed by atoms with van der Waals surface area (Å²) in [4.78, 5) is 27.7. The molecule has 4 fully saturated rings. The van der Waals surface area contributed by atoms with Crippen molar-refractivity contribution in [2.24, 2.45) is 33.7 Å². The molecule has 1 saturated heterocycles. The minimum atomic E-state index is -0.792. The Bertz CT molecular complexity index is 1620. The molecule has 5 aliphatic rings. The molecule has 1 aromatic heterocycles. The second kappa shape index (κ2) is 12.2. The van der Waals surface area contributed by atoms with Crippen LogP contribution in [-0.2, 0) is 14.2 Å². The summed E-state index contributed by atoms with van der Waals surface area (Å²) < 4.78 is 23.9. The third-order valence-electron chi connectivity index (χ3n) is 13.0. The molecule has 4 aliphatic carbocycles. The van der Waals surface area contributed by atoms with E-state index >= 15 is 0 Å². The summed E-state index contributed by atoms with van der Waals surface area (Å²) in [7, 11) is 0. The Kier molecular flexibility index (Phi) is 8.36.